The number of fused-ring (bicyclic) bond motifs is 1. The molecule has 0 radical (unpaired) electrons. The average molecular weight is 437 g/mol. The van der Waals surface area contributed by atoms with Gasteiger partial charge in [-0.15, -0.1) is 0 Å². The second-order valence-electron chi connectivity index (χ2n) is 7.28. The van der Waals surface area contributed by atoms with Crippen LogP contribution in [-0.4, -0.2) is 62.3 Å². The van der Waals surface area contributed by atoms with Crippen molar-refractivity contribution in [3.05, 3.63) is 53.6 Å². The number of nitrogens with zero attached hydrogens (tertiary/aromatic N) is 4. The molecule has 2 heterocycles. The van der Waals surface area contributed by atoms with Crippen LogP contribution in [0, 0.1) is 11.3 Å². The molecule has 0 bridgehead atoms. The molecule has 3 aromatic rings. The zero-order valence-corrected chi connectivity index (χ0v) is 18.2. The summed E-state index contributed by atoms with van der Waals surface area (Å²) in [5.41, 5.74) is 1.91. The van der Waals surface area contributed by atoms with Gasteiger partial charge in [-0.05, 0) is 48.9 Å². The number of nitriles is 1. The third kappa shape index (κ3) is 5.02. The zero-order valence-electron chi connectivity index (χ0n) is 17.4. The molecule has 1 aliphatic rings. The van der Waals surface area contributed by atoms with Crippen LogP contribution in [0.1, 0.15) is 22.3 Å². The highest BCUT2D eigenvalue weighted by molar-refractivity contribution is 7.22. The van der Waals surface area contributed by atoms with Gasteiger partial charge in [-0.3, -0.25) is 14.6 Å². The first-order chi connectivity index (χ1) is 15.2. The van der Waals surface area contributed by atoms with Crippen LogP contribution in [0.5, 0.6) is 5.75 Å². The Morgan fingerprint density at radius 1 is 1.26 bits per heavy atom. The molecule has 1 saturated heterocycles. The fraction of sp³-hybridized carbons (Fsp3) is 0.348. The van der Waals surface area contributed by atoms with Gasteiger partial charge in [0.25, 0.3) is 5.91 Å². The zero-order chi connectivity index (χ0) is 21.6. The minimum atomic E-state index is -0.113. The molecular weight excluding hydrogens is 412 g/mol. The third-order valence-electron chi connectivity index (χ3n) is 5.28. The van der Waals surface area contributed by atoms with E-state index in [9.17, 15) is 4.79 Å². The number of ether oxygens (including phenoxy) is 2. The summed E-state index contributed by atoms with van der Waals surface area (Å²) in [6, 6.07) is 14.5. The topological polar surface area (TPSA) is 78.7 Å². The van der Waals surface area contributed by atoms with Gasteiger partial charge in [-0.25, -0.2) is 4.98 Å². The molecule has 1 fully saturated rings. The van der Waals surface area contributed by atoms with Crippen LogP contribution in [0.3, 0.4) is 0 Å². The van der Waals surface area contributed by atoms with Crippen molar-refractivity contribution >= 4 is 32.6 Å². The summed E-state index contributed by atoms with van der Waals surface area (Å²) in [5.74, 6) is 0.650. The number of morpholine rings is 1. The van der Waals surface area contributed by atoms with E-state index in [1.807, 2.05) is 18.2 Å². The second-order valence-corrected chi connectivity index (χ2v) is 8.29. The summed E-state index contributed by atoms with van der Waals surface area (Å²) >= 11 is 1.48. The van der Waals surface area contributed by atoms with E-state index in [4.69, 9.17) is 19.7 Å². The van der Waals surface area contributed by atoms with E-state index in [1.165, 1.54) is 11.3 Å². The van der Waals surface area contributed by atoms with Crippen LogP contribution in [-0.2, 0) is 4.74 Å². The number of anilines is 1. The molecule has 1 aliphatic heterocycles. The van der Waals surface area contributed by atoms with E-state index >= 15 is 0 Å². The van der Waals surface area contributed by atoms with Crippen molar-refractivity contribution in [3.8, 4) is 11.8 Å². The highest BCUT2D eigenvalue weighted by Crippen LogP contribution is 2.32. The maximum absolute atomic E-state index is 13.4. The molecule has 0 aliphatic carbocycles. The molecule has 0 atom stereocenters. The van der Waals surface area contributed by atoms with Crippen LogP contribution < -0.4 is 9.64 Å². The van der Waals surface area contributed by atoms with Crippen molar-refractivity contribution in [2.24, 2.45) is 0 Å². The van der Waals surface area contributed by atoms with Crippen molar-refractivity contribution < 1.29 is 14.3 Å². The first-order valence-corrected chi connectivity index (χ1v) is 11.1. The van der Waals surface area contributed by atoms with Crippen molar-refractivity contribution in [1.29, 1.82) is 5.26 Å². The van der Waals surface area contributed by atoms with Crippen LogP contribution >= 0.6 is 11.3 Å². The molecule has 31 heavy (non-hydrogen) atoms. The van der Waals surface area contributed by atoms with E-state index in [1.54, 1.807) is 36.3 Å². The number of methoxy groups -OCH3 is 1. The van der Waals surface area contributed by atoms with Crippen LogP contribution in [0.2, 0.25) is 0 Å². The first kappa shape index (κ1) is 21.2. The number of hydrogen-bond donors (Lipinski definition) is 0. The maximum atomic E-state index is 13.4. The van der Waals surface area contributed by atoms with E-state index in [0.29, 0.717) is 22.8 Å². The first-order valence-electron chi connectivity index (χ1n) is 10.2. The molecule has 4 rings (SSSR count). The molecule has 8 heteroatoms. The van der Waals surface area contributed by atoms with Crippen LogP contribution in [0.15, 0.2) is 42.5 Å². The molecule has 1 aromatic heterocycles. The van der Waals surface area contributed by atoms with Crippen molar-refractivity contribution in [2.75, 3.05) is 51.4 Å². The Labute approximate surface area is 185 Å². The van der Waals surface area contributed by atoms with Gasteiger partial charge in [0.05, 0.1) is 42.2 Å². The molecule has 2 aromatic carbocycles. The Morgan fingerprint density at radius 2 is 2.03 bits per heavy atom. The number of carbonyl (C=O) groups is 1. The molecule has 1 amide bonds. The smallest absolute Gasteiger partial charge is 0.260 e. The Kier molecular flexibility index (Phi) is 6.77. The predicted octanol–water partition coefficient (Wildman–Crippen LogP) is 3.55. The normalized spacial score (nSPS) is 14.3. The highest BCUT2D eigenvalue weighted by Gasteiger charge is 2.22. The van der Waals surface area contributed by atoms with Gasteiger partial charge < -0.3 is 9.47 Å². The van der Waals surface area contributed by atoms with Crippen molar-refractivity contribution in [1.82, 2.24) is 9.88 Å². The number of amides is 1. The molecule has 160 valence electrons. The van der Waals surface area contributed by atoms with E-state index in [0.717, 1.165) is 55.2 Å². The number of aromatic nitrogens is 1. The quantitative estimate of drug-likeness (QED) is 0.564. The summed E-state index contributed by atoms with van der Waals surface area (Å²) < 4.78 is 11.7. The van der Waals surface area contributed by atoms with Crippen molar-refractivity contribution in [3.63, 3.8) is 0 Å². The van der Waals surface area contributed by atoms with Crippen LogP contribution in [0.4, 0.5) is 5.13 Å². The van der Waals surface area contributed by atoms with Crippen molar-refractivity contribution in [2.45, 2.75) is 6.42 Å². The van der Waals surface area contributed by atoms with Gasteiger partial charge >= 0.3 is 0 Å². The Bertz CT molecular complexity index is 1080. The monoisotopic (exact) mass is 436 g/mol. The SMILES string of the molecule is COc1ccc2nc(N(CCCN3CCOCC3)C(=O)c3ccc(C#N)cc3)sc2c1. The lowest BCUT2D eigenvalue weighted by Crippen LogP contribution is -2.39. The van der Waals surface area contributed by atoms with E-state index < -0.39 is 0 Å². The summed E-state index contributed by atoms with van der Waals surface area (Å²) in [5, 5.41) is 9.71. The van der Waals surface area contributed by atoms with Gasteiger partial charge in [-0.2, -0.15) is 5.26 Å². The van der Waals surface area contributed by atoms with Gasteiger partial charge in [-0.1, -0.05) is 11.3 Å². The minimum Gasteiger partial charge on any atom is -0.497 e. The molecule has 0 saturated carbocycles. The fourth-order valence-corrected chi connectivity index (χ4v) is 4.56. The second kappa shape index (κ2) is 9.88. The number of benzene rings is 2. The number of carbonyl (C=O) groups excluding carboxylic acids is 1. The van der Waals surface area contributed by atoms with Gasteiger partial charge in [0.15, 0.2) is 5.13 Å². The van der Waals surface area contributed by atoms with E-state index in [-0.39, 0.29) is 5.91 Å². The van der Waals surface area contributed by atoms with Gasteiger partial charge in [0.2, 0.25) is 0 Å². The molecule has 0 unspecified atom stereocenters. The molecule has 0 N–H and O–H groups in total. The Balaban J connectivity index is 1.57. The van der Waals surface area contributed by atoms with Gasteiger partial charge in [0, 0.05) is 31.7 Å². The minimum absolute atomic E-state index is 0.113. The van der Waals surface area contributed by atoms with Gasteiger partial charge in [0.1, 0.15) is 5.75 Å². The maximum Gasteiger partial charge on any atom is 0.260 e. The summed E-state index contributed by atoms with van der Waals surface area (Å²) in [6.45, 7) is 4.82. The lowest BCUT2D eigenvalue weighted by atomic mass is 10.1. The Morgan fingerprint density at radius 3 is 2.74 bits per heavy atom. The highest BCUT2D eigenvalue weighted by atomic mass is 32.1. The summed E-state index contributed by atoms with van der Waals surface area (Å²) in [7, 11) is 1.63. The molecule has 7 nitrogen and oxygen atoms in total. The summed E-state index contributed by atoms with van der Waals surface area (Å²) in [4.78, 5) is 22.2. The largest absolute Gasteiger partial charge is 0.497 e. The summed E-state index contributed by atoms with van der Waals surface area (Å²) in [6.07, 6.45) is 0.835. The number of hydrogen-bond acceptors (Lipinski definition) is 7. The predicted molar refractivity (Wildman–Crippen MR) is 121 cm³/mol. The molecule has 0 spiro atoms. The number of rotatable bonds is 7. The van der Waals surface area contributed by atoms with Crippen LogP contribution in [0.25, 0.3) is 10.2 Å². The Hall–Kier alpha value is -2.99. The molecular formula is C23H24N4O3S. The van der Waals surface area contributed by atoms with E-state index in [2.05, 4.69) is 11.0 Å². The lowest BCUT2D eigenvalue weighted by molar-refractivity contribution is 0.0376. The fourth-order valence-electron chi connectivity index (χ4n) is 3.54. The standard InChI is InChI=1S/C23H24N4O3S/c1-29-19-7-8-20-21(15-19)31-23(25-20)27(10-2-9-26-11-13-30-14-12-26)22(28)18-5-3-17(16-24)4-6-18/h3-8,15H,2,9-14H2,1H3. The number of thiazole rings is 1. The third-order valence-corrected chi connectivity index (χ3v) is 6.32. The lowest BCUT2D eigenvalue weighted by Gasteiger charge is -2.27. The average Bonchev–Trinajstić information content (AvgIpc) is 3.25.